The summed E-state index contributed by atoms with van der Waals surface area (Å²) in [6.07, 6.45) is 4.73. The smallest absolute Gasteiger partial charge is 0.333 e. The Morgan fingerprint density at radius 2 is 1.97 bits per heavy atom. The zero-order chi connectivity index (χ0) is 21.5. The standard InChI is InChI=1S/C25H27NO4/c1-17(2)23(28)29-16-8-15-26-20-11-6-5-10-19(20)24(3,4)25(26)14-13-18-9-7-12-21(27)22(18)30-25/h5-7,9-14,27H,1,8,15-16H2,2-4H3. The molecule has 2 heterocycles. The van der Waals surface area contributed by atoms with E-state index in [0.29, 0.717) is 30.9 Å². The van der Waals surface area contributed by atoms with Crippen LogP contribution in [0.2, 0.25) is 0 Å². The molecule has 0 fully saturated rings. The number of hydrogen-bond donors (Lipinski definition) is 1. The van der Waals surface area contributed by atoms with Crippen molar-refractivity contribution in [3.8, 4) is 11.5 Å². The van der Waals surface area contributed by atoms with Crippen molar-refractivity contribution in [2.75, 3.05) is 18.1 Å². The van der Waals surface area contributed by atoms with E-state index < -0.39 is 5.72 Å². The molecule has 1 N–H and O–H groups in total. The predicted molar refractivity (Wildman–Crippen MR) is 118 cm³/mol. The monoisotopic (exact) mass is 405 g/mol. The Hall–Kier alpha value is -3.21. The summed E-state index contributed by atoms with van der Waals surface area (Å²) in [7, 11) is 0. The summed E-state index contributed by atoms with van der Waals surface area (Å²) >= 11 is 0. The molecule has 2 aromatic rings. The zero-order valence-corrected chi connectivity index (χ0v) is 17.6. The number of nitrogens with zero attached hydrogens (tertiary/aromatic N) is 1. The van der Waals surface area contributed by atoms with Crippen molar-refractivity contribution < 1.29 is 19.4 Å². The number of carbonyl (C=O) groups excluding carboxylic acids is 1. The molecule has 1 spiro atoms. The topological polar surface area (TPSA) is 59.0 Å². The van der Waals surface area contributed by atoms with Gasteiger partial charge >= 0.3 is 5.97 Å². The maximum atomic E-state index is 11.7. The van der Waals surface area contributed by atoms with Crippen LogP contribution in [-0.2, 0) is 14.9 Å². The van der Waals surface area contributed by atoms with Gasteiger partial charge in [-0.1, -0.05) is 36.9 Å². The minimum absolute atomic E-state index is 0.123. The predicted octanol–water partition coefficient (Wildman–Crippen LogP) is 4.80. The lowest BCUT2D eigenvalue weighted by Gasteiger charge is -2.47. The Labute approximate surface area is 177 Å². The van der Waals surface area contributed by atoms with Crippen molar-refractivity contribution in [3.63, 3.8) is 0 Å². The lowest BCUT2D eigenvalue weighted by molar-refractivity contribution is -0.139. The van der Waals surface area contributed by atoms with Gasteiger partial charge in [-0.05, 0) is 57.0 Å². The van der Waals surface area contributed by atoms with E-state index in [-0.39, 0.29) is 17.1 Å². The normalized spacial score (nSPS) is 20.4. The molecule has 0 bridgehead atoms. The van der Waals surface area contributed by atoms with Crippen LogP contribution in [0.3, 0.4) is 0 Å². The Bertz CT molecular complexity index is 1040. The average molecular weight is 405 g/mol. The fraction of sp³-hybridized carbons (Fsp3) is 0.320. The second-order valence-electron chi connectivity index (χ2n) is 8.39. The highest BCUT2D eigenvalue weighted by atomic mass is 16.5. The summed E-state index contributed by atoms with van der Waals surface area (Å²) in [6.45, 7) is 10.5. The molecule has 0 aliphatic carbocycles. The van der Waals surface area contributed by atoms with E-state index in [2.05, 4.69) is 43.5 Å². The Balaban J connectivity index is 1.68. The van der Waals surface area contributed by atoms with E-state index in [9.17, 15) is 9.90 Å². The van der Waals surface area contributed by atoms with Gasteiger partial charge in [0.1, 0.15) is 0 Å². The van der Waals surface area contributed by atoms with Crippen molar-refractivity contribution in [2.24, 2.45) is 0 Å². The van der Waals surface area contributed by atoms with Gasteiger partial charge in [0, 0.05) is 23.4 Å². The molecule has 5 heteroatoms. The number of aromatic hydroxyl groups is 1. The first-order valence-electron chi connectivity index (χ1n) is 10.2. The molecular formula is C25H27NO4. The number of anilines is 1. The molecule has 2 aromatic carbocycles. The summed E-state index contributed by atoms with van der Waals surface area (Å²) in [5.74, 6) is 0.234. The molecule has 2 aliphatic heterocycles. The van der Waals surface area contributed by atoms with Crippen LogP contribution in [0.4, 0.5) is 5.69 Å². The number of ether oxygens (including phenoxy) is 2. The van der Waals surface area contributed by atoms with Crippen LogP contribution in [0.1, 0.15) is 38.3 Å². The maximum Gasteiger partial charge on any atom is 0.333 e. The number of esters is 1. The Morgan fingerprint density at radius 3 is 2.73 bits per heavy atom. The van der Waals surface area contributed by atoms with Crippen LogP contribution < -0.4 is 9.64 Å². The van der Waals surface area contributed by atoms with Gasteiger partial charge in [0.05, 0.1) is 12.0 Å². The molecule has 1 unspecified atom stereocenters. The second kappa shape index (κ2) is 7.24. The van der Waals surface area contributed by atoms with Crippen LogP contribution in [-0.4, -0.2) is 30.0 Å². The van der Waals surface area contributed by atoms with E-state index in [1.165, 1.54) is 5.56 Å². The third-order valence-corrected chi connectivity index (χ3v) is 6.04. The minimum atomic E-state index is -0.805. The van der Waals surface area contributed by atoms with E-state index in [1.54, 1.807) is 13.0 Å². The highest BCUT2D eigenvalue weighted by Gasteiger charge is 2.58. The summed E-state index contributed by atoms with van der Waals surface area (Å²) in [4.78, 5) is 13.9. The van der Waals surface area contributed by atoms with E-state index in [4.69, 9.17) is 9.47 Å². The van der Waals surface area contributed by atoms with Crippen LogP contribution in [0, 0.1) is 0 Å². The molecule has 0 saturated heterocycles. The van der Waals surface area contributed by atoms with Gasteiger partial charge in [-0.15, -0.1) is 0 Å². The summed E-state index contributed by atoms with van der Waals surface area (Å²) in [6, 6.07) is 13.6. The second-order valence-corrected chi connectivity index (χ2v) is 8.39. The third kappa shape index (κ3) is 2.96. The van der Waals surface area contributed by atoms with Crippen molar-refractivity contribution in [1.29, 1.82) is 0 Å². The fourth-order valence-electron chi connectivity index (χ4n) is 4.40. The first-order valence-corrected chi connectivity index (χ1v) is 10.2. The lowest BCUT2D eigenvalue weighted by Crippen LogP contribution is -2.59. The van der Waals surface area contributed by atoms with Gasteiger partial charge in [-0.2, -0.15) is 0 Å². The first kappa shape index (κ1) is 20.1. The quantitative estimate of drug-likeness (QED) is 0.440. The largest absolute Gasteiger partial charge is 0.504 e. The maximum absolute atomic E-state index is 11.7. The average Bonchev–Trinajstić information content (AvgIpc) is 2.90. The third-order valence-electron chi connectivity index (χ3n) is 6.04. The van der Waals surface area contributed by atoms with Crippen LogP contribution in [0.15, 0.2) is 60.7 Å². The Morgan fingerprint density at radius 1 is 1.20 bits per heavy atom. The number of carbonyl (C=O) groups is 1. The molecule has 0 amide bonds. The van der Waals surface area contributed by atoms with Gasteiger partial charge in [0.25, 0.3) is 0 Å². The molecule has 0 radical (unpaired) electrons. The molecule has 5 nitrogen and oxygen atoms in total. The van der Waals surface area contributed by atoms with Crippen molar-refractivity contribution in [1.82, 2.24) is 0 Å². The van der Waals surface area contributed by atoms with E-state index >= 15 is 0 Å². The van der Waals surface area contributed by atoms with Gasteiger partial charge in [0.2, 0.25) is 5.72 Å². The molecule has 4 rings (SSSR count). The van der Waals surface area contributed by atoms with Gasteiger partial charge in [-0.25, -0.2) is 4.79 Å². The van der Waals surface area contributed by atoms with Crippen LogP contribution in [0.25, 0.3) is 6.08 Å². The summed E-state index contributed by atoms with van der Waals surface area (Å²) < 4.78 is 11.9. The van der Waals surface area contributed by atoms with Crippen molar-refractivity contribution >= 4 is 17.7 Å². The lowest BCUT2D eigenvalue weighted by atomic mass is 9.76. The number of fused-ring (bicyclic) bond motifs is 2. The van der Waals surface area contributed by atoms with Gasteiger partial charge in [0.15, 0.2) is 11.5 Å². The number of hydrogen-bond acceptors (Lipinski definition) is 5. The molecular weight excluding hydrogens is 378 g/mol. The number of phenolic OH excluding ortho intramolecular Hbond substituents is 1. The van der Waals surface area contributed by atoms with Crippen molar-refractivity contribution in [2.45, 2.75) is 38.3 Å². The van der Waals surface area contributed by atoms with E-state index in [1.807, 2.05) is 30.3 Å². The van der Waals surface area contributed by atoms with Gasteiger partial charge < -0.3 is 19.5 Å². The summed E-state index contributed by atoms with van der Waals surface area (Å²) in [5.41, 5.74) is 2.31. The number of rotatable bonds is 5. The highest BCUT2D eigenvalue weighted by molar-refractivity contribution is 5.86. The molecule has 1 atom stereocenters. The number of benzene rings is 2. The number of para-hydroxylation sites is 2. The molecule has 2 aliphatic rings. The highest BCUT2D eigenvalue weighted by Crippen LogP contribution is 2.55. The molecule has 0 aromatic heterocycles. The number of phenols is 1. The van der Waals surface area contributed by atoms with Gasteiger partial charge in [-0.3, -0.25) is 0 Å². The Kier molecular flexibility index (Phi) is 4.85. The SMILES string of the molecule is C=C(C)C(=O)OCCCN1c2ccccc2C(C)(C)C12C=Cc1cccc(O)c1O2. The zero-order valence-electron chi connectivity index (χ0n) is 17.6. The first-order chi connectivity index (χ1) is 14.3. The summed E-state index contributed by atoms with van der Waals surface area (Å²) in [5, 5.41) is 10.5. The van der Waals surface area contributed by atoms with Crippen LogP contribution in [0.5, 0.6) is 11.5 Å². The molecule has 156 valence electrons. The van der Waals surface area contributed by atoms with Crippen LogP contribution >= 0.6 is 0 Å². The van der Waals surface area contributed by atoms with E-state index in [0.717, 1.165) is 11.3 Å². The minimum Gasteiger partial charge on any atom is -0.504 e. The molecule has 30 heavy (non-hydrogen) atoms. The molecule has 0 saturated carbocycles. The fourth-order valence-corrected chi connectivity index (χ4v) is 4.40. The van der Waals surface area contributed by atoms with Crippen molar-refractivity contribution in [3.05, 3.63) is 71.8 Å².